The van der Waals surface area contributed by atoms with E-state index in [-0.39, 0.29) is 34.9 Å². The second-order valence-corrected chi connectivity index (χ2v) is 9.09. The molecule has 2 aromatic rings. The van der Waals surface area contributed by atoms with E-state index in [1.807, 2.05) is 18.2 Å². The van der Waals surface area contributed by atoms with Crippen LogP contribution in [0.25, 0.3) is 0 Å². The van der Waals surface area contributed by atoms with Gasteiger partial charge in [0.25, 0.3) is 17.4 Å². The zero-order valence-corrected chi connectivity index (χ0v) is 18.6. The number of likely N-dealkylation sites (tertiary alicyclic amines) is 1. The molecule has 33 heavy (non-hydrogen) atoms. The number of benzene rings is 1. The van der Waals surface area contributed by atoms with Gasteiger partial charge in [0.05, 0.1) is 12.2 Å². The molecule has 1 aliphatic carbocycles. The summed E-state index contributed by atoms with van der Waals surface area (Å²) < 4.78 is 5.81. The fourth-order valence-electron chi connectivity index (χ4n) is 5.14. The number of aromatic nitrogens is 1. The molecule has 7 heteroatoms. The second kappa shape index (κ2) is 9.25. The van der Waals surface area contributed by atoms with E-state index in [1.54, 1.807) is 17.0 Å². The topological polar surface area (TPSA) is 91.5 Å². The number of fused-ring (bicyclic) bond motifs is 3. The largest absolute Gasteiger partial charge is 0.492 e. The molecule has 0 bridgehead atoms. The van der Waals surface area contributed by atoms with Crippen LogP contribution in [0.4, 0.5) is 0 Å². The second-order valence-electron chi connectivity index (χ2n) is 9.09. The van der Waals surface area contributed by atoms with E-state index >= 15 is 0 Å². The van der Waals surface area contributed by atoms with Gasteiger partial charge < -0.3 is 19.9 Å². The van der Waals surface area contributed by atoms with Gasteiger partial charge in [-0.3, -0.25) is 14.4 Å². The van der Waals surface area contributed by atoms with Crippen LogP contribution in [0.5, 0.6) is 5.75 Å². The highest BCUT2D eigenvalue weighted by Gasteiger charge is 2.34. The van der Waals surface area contributed by atoms with E-state index in [2.05, 4.69) is 22.5 Å². The van der Waals surface area contributed by atoms with Crippen LogP contribution in [0.2, 0.25) is 0 Å². The summed E-state index contributed by atoms with van der Waals surface area (Å²) in [5, 5.41) is 3.18. The number of carbonyl (C=O) groups excluding carboxylic acids is 2. The molecule has 5 rings (SSSR count). The summed E-state index contributed by atoms with van der Waals surface area (Å²) in [6, 6.07) is 9.02. The number of carbonyl (C=O) groups is 2. The summed E-state index contributed by atoms with van der Waals surface area (Å²) in [4.78, 5) is 43.6. The minimum atomic E-state index is -0.300. The van der Waals surface area contributed by atoms with Crippen LogP contribution in [0, 0.1) is 5.92 Å². The number of amides is 2. The predicted octanol–water partition coefficient (Wildman–Crippen LogP) is 2.85. The maximum Gasteiger partial charge on any atom is 0.261 e. The Balaban J connectivity index is 1.36. The number of hydrogen-bond donors (Lipinski definition) is 2. The number of para-hydroxylation sites is 1. The standard InChI is InChI=1S/C26H29N3O4/c30-24-19-9-3-4-11-23(19)33-14-5-1-2-7-18-16-29(13-12-22(18)28-24)26(32)20-15-17-8-6-10-21(17)27-25(20)31/h1-4,9,11,15,18,22H,5-8,10,12-14,16H2,(H,27,31)(H,28,30)/b2-1+/t18-,22+/m0/s1. The first kappa shape index (κ1) is 21.5. The van der Waals surface area contributed by atoms with Crippen LogP contribution in [-0.2, 0) is 12.8 Å². The Labute approximate surface area is 192 Å². The number of aromatic amines is 1. The Morgan fingerprint density at radius 1 is 1.12 bits per heavy atom. The van der Waals surface area contributed by atoms with Gasteiger partial charge in [0, 0.05) is 30.7 Å². The first-order valence-corrected chi connectivity index (χ1v) is 11.8. The van der Waals surface area contributed by atoms with E-state index in [9.17, 15) is 14.4 Å². The third kappa shape index (κ3) is 4.45. The molecule has 3 heterocycles. The number of nitrogens with one attached hydrogen (secondary N) is 2. The van der Waals surface area contributed by atoms with Gasteiger partial charge in [-0.25, -0.2) is 0 Å². The molecule has 7 nitrogen and oxygen atoms in total. The molecular weight excluding hydrogens is 418 g/mol. The van der Waals surface area contributed by atoms with Gasteiger partial charge in [0.15, 0.2) is 0 Å². The zero-order chi connectivity index (χ0) is 22.8. The third-order valence-corrected chi connectivity index (χ3v) is 6.94. The van der Waals surface area contributed by atoms with Gasteiger partial charge in [0.2, 0.25) is 0 Å². The van der Waals surface area contributed by atoms with Crippen molar-refractivity contribution in [3.8, 4) is 5.75 Å². The first-order chi connectivity index (χ1) is 16.1. The lowest BCUT2D eigenvalue weighted by atomic mass is 9.88. The molecule has 2 N–H and O–H groups in total. The fourth-order valence-corrected chi connectivity index (χ4v) is 5.14. The van der Waals surface area contributed by atoms with E-state index in [1.165, 1.54) is 0 Å². The van der Waals surface area contributed by atoms with Crippen LogP contribution < -0.4 is 15.6 Å². The molecule has 172 valence electrons. The molecule has 2 aliphatic heterocycles. The Hall–Kier alpha value is -3.35. The van der Waals surface area contributed by atoms with Crippen LogP contribution in [0.3, 0.4) is 0 Å². The summed E-state index contributed by atoms with van der Waals surface area (Å²) in [5.41, 5.74) is 2.50. The monoisotopic (exact) mass is 447 g/mol. The number of pyridine rings is 1. The molecule has 2 atom stereocenters. The van der Waals surface area contributed by atoms with Crippen molar-refractivity contribution >= 4 is 11.8 Å². The molecule has 1 aromatic heterocycles. The maximum atomic E-state index is 13.3. The van der Waals surface area contributed by atoms with Gasteiger partial charge in [-0.15, -0.1) is 0 Å². The SMILES string of the molecule is O=C1N[C@@H]2CCN(C(=O)c3cc4c([nH]c3=O)CCC4)C[C@@H]2C/C=C/CCOc2ccccc21. The van der Waals surface area contributed by atoms with Gasteiger partial charge in [-0.2, -0.15) is 0 Å². The molecule has 2 amide bonds. The van der Waals surface area contributed by atoms with Crippen LogP contribution in [0.1, 0.15) is 57.7 Å². The Morgan fingerprint density at radius 3 is 2.91 bits per heavy atom. The maximum absolute atomic E-state index is 13.3. The highest BCUT2D eigenvalue weighted by Crippen LogP contribution is 2.26. The lowest BCUT2D eigenvalue weighted by Gasteiger charge is -2.38. The average molecular weight is 448 g/mol. The Kier molecular flexibility index (Phi) is 6.03. The van der Waals surface area contributed by atoms with E-state index in [0.717, 1.165) is 43.4 Å². The summed E-state index contributed by atoms with van der Waals surface area (Å²) in [6.45, 7) is 1.50. The van der Waals surface area contributed by atoms with Crippen molar-refractivity contribution in [1.29, 1.82) is 0 Å². The fraction of sp³-hybridized carbons (Fsp3) is 0.423. The van der Waals surface area contributed by atoms with Gasteiger partial charge in [-0.1, -0.05) is 24.3 Å². The van der Waals surface area contributed by atoms with Crippen molar-refractivity contribution in [3.05, 3.63) is 75.2 Å². The number of nitrogens with zero attached hydrogens (tertiary/aromatic N) is 1. The molecule has 0 unspecified atom stereocenters. The lowest BCUT2D eigenvalue weighted by molar-refractivity contribution is 0.0617. The third-order valence-electron chi connectivity index (χ3n) is 6.94. The number of H-pyrrole nitrogens is 1. The Morgan fingerprint density at radius 2 is 2.00 bits per heavy atom. The molecule has 0 radical (unpaired) electrons. The molecule has 1 saturated heterocycles. The summed E-state index contributed by atoms with van der Waals surface area (Å²) in [5.74, 6) is 0.289. The zero-order valence-electron chi connectivity index (χ0n) is 18.6. The van der Waals surface area contributed by atoms with Crippen LogP contribution in [-0.4, -0.2) is 47.4 Å². The molecule has 1 aromatic carbocycles. The number of rotatable bonds is 1. The smallest absolute Gasteiger partial charge is 0.261 e. The number of piperidine rings is 1. The van der Waals surface area contributed by atoms with Crippen molar-refractivity contribution in [2.24, 2.45) is 5.92 Å². The van der Waals surface area contributed by atoms with Crippen LogP contribution in [0.15, 0.2) is 47.3 Å². The first-order valence-electron chi connectivity index (χ1n) is 11.8. The summed E-state index contributed by atoms with van der Waals surface area (Å²) in [7, 11) is 0. The molecule has 0 saturated carbocycles. The minimum Gasteiger partial charge on any atom is -0.492 e. The predicted molar refractivity (Wildman–Crippen MR) is 125 cm³/mol. The number of allylic oxidation sites excluding steroid dienone is 1. The van der Waals surface area contributed by atoms with Gasteiger partial charge in [-0.05, 0) is 62.3 Å². The highest BCUT2D eigenvalue weighted by atomic mass is 16.5. The molecular formula is C26H29N3O4. The van der Waals surface area contributed by atoms with Crippen molar-refractivity contribution in [1.82, 2.24) is 15.2 Å². The molecule has 1 fully saturated rings. The number of aryl methyl sites for hydroxylation is 2. The van der Waals surface area contributed by atoms with Gasteiger partial charge in [0.1, 0.15) is 11.3 Å². The minimum absolute atomic E-state index is 0.0583. The number of hydrogen-bond acceptors (Lipinski definition) is 4. The molecule has 0 spiro atoms. The van der Waals surface area contributed by atoms with E-state index < -0.39 is 0 Å². The van der Waals surface area contributed by atoms with Crippen LogP contribution >= 0.6 is 0 Å². The van der Waals surface area contributed by atoms with Crippen molar-refractivity contribution in [2.75, 3.05) is 19.7 Å². The normalized spacial score (nSPS) is 23.6. The van der Waals surface area contributed by atoms with Crippen molar-refractivity contribution < 1.29 is 14.3 Å². The number of ether oxygens (including phenoxy) is 1. The van der Waals surface area contributed by atoms with E-state index in [4.69, 9.17) is 4.74 Å². The Bertz CT molecular complexity index is 1150. The summed E-state index contributed by atoms with van der Waals surface area (Å²) >= 11 is 0. The molecule has 3 aliphatic rings. The lowest BCUT2D eigenvalue weighted by Crippen LogP contribution is -2.53. The quantitative estimate of drug-likeness (QED) is 0.658. The van der Waals surface area contributed by atoms with Crippen molar-refractivity contribution in [2.45, 2.75) is 44.6 Å². The summed E-state index contributed by atoms with van der Waals surface area (Å²) in [6.07, 6.45) is 9.12. The average Bonchev–Trinajstić information content (AvgIpc) is 3.27. The van der Waals surface area contributed by atoms with E-state index in [0.29, 0.717) is 37.4 Å². The highest BCUT2D eigenvalue weighted by molar-refractivity contribution is 5.97. The van der Waals surface area contributed by atoms with Crippen molar-refractivity contribution in [3.63, 3.8) is 0 Å². The van der Waals surface area contributed by atoms with Gasteiger partial charge >= 0.3 is 0 Å².